The van der Waals surface area contributed by atoms with Gasteiger partial charge in [-0.25, -0.2) is 14.6 Å². The van der Waals surface area contributed by atoms with Crippen LogP contribution >= 0.6 is 0 Å². The highest BCUT2D eigenvalue weighted by molar-refractivity contribution is 5.97. The van der Waals surface area contributed by atoms with Crippen LogP contribution in [-0.4, -0.2) is 62.8 Å². The fourth-order valence-corrected chi connectivity index (χ4v) is 5.08. The molecule has 0 bridgehead atoms. The molecule has 0 saturated carbocycles. The number of aromatic amines is 1. The molecule has 1 unspecified atom stereocenters. The lowest BCUT2D eigenvalue weighted by Crippen LogP contribution is -2.39. The fraction of sp³-hybridized carbons (Fsp3) is 0.286. The van der Waals surface area contributed by atoms with Gasteiger partial charge in [-0.2, -0.15) is 5.10 Å². The van der Waals surface area contributed by atoms with E-state index in [-0.39, 0.29) is 11.8 Å². The number of nitrogens with one attached hydrogen (secondary N) is 1. The number of rotatable bonds is 6. The minimum Gasteiger partial charge on any atom is -0.497 e. The van der Waals surface area contributed by atoms with Gasteiger partial charge in [0.25, 0.3) is 5.91 Å². The number of hydrogen-bond acceptors (Lipinski definition) is 6. The van der Waals surface area contributed by atoms with Crippen molar-refractivity contribution in [2.24, 2.45) is 0 Å². The van der Waals surface area contributed by atoms with Crippen LogP contribution in [0.3, 0.4) is 0 Å². The molecule has 37 heavy (non-hydrogen) atoms. The number of fused-ring (bicyclic) bond motifs is 2. The third kappa shape index (κ3) is 4.37. The lowest BCUT2D eigenvalue weighted by Gasteiger charge is -2.31. The molecule has 1 aliphatic heterocycles. The second-order valence-corrected chi connectivity index (χ2v) is 9.35. The second-order valence-electron chi connectivity index (χ2n) is 9.35. The summed E-state index contributed by atoms with van der Waals surface area (Å²) in [7, 11) is 3.26. The summed E-state index contributed by atoms with van der Waals surface area (Å²) in [5.41, 5.74) is 4.23. The molecule has 1 amide bonds. The number of pyridine rings is 1. The highest BCUT2D eigenvalue weighted by atomic mass is 16.5. The van der Waals surface area contributed by atoms with Gasteiger partial charge in [-0.1, -0.05) is 12.1 Å². The zero-order valence-corrected chi connectivity index (χ0v) is 20.8. The van der Waals surface area contributed by atoms with Crippen LogP contribution in [0.25, 0.3) is 22.1 Å². The van der Waals surface area contributed by atoms with Crippen molar-refractivity contribution >= 4 is 28.0 Å². The number of H-pyrrole nitrogens is 1. The predicted octanol–water partition coefficient (Wildman–Crippen LogP) is 4.39. The van der Waals surface area contributed by atoms with Gasteiger partial charge in [-0.15, -0.1) is 0 Å². The molecule has 3 aromatic heterocycles. The molecule has 1 atom stereocenters. The van der Waals surface area contributed by atoms with E-state index >= 15 is 0 Å². The Morgan fingerprint density at radius 1 is 1.11 bits per heavy atom. The Hall–Kier alpha value is -4.40. The lowest BCUT2D eigenvalue weighted by atomic mass is 9.97. The molecule has 4 heterocycles. The number of piperidine rings is 1. The van der Waals surface area contributed by atoms with E-state index < -0.39 is 0 Å². The number of methoxy groups -OCH3 is 2. The Morgan fingerprint density at radius 2 is 2.00 bits per heavy atom. The summed E-state index contributed by atoms with van der Waals surface area (Å²) < 4.78 is 12.6. The SMILES string of the molecule is COc1ccc(Cn2ncc3cc(C(=O)N4CCCC(c5nc6ccccc6[nH]5)C4)cnc32)c(OC)c1. The minimum atomic E-state index is -0.0141. The van der Waals surface area contributed by atoms with Gasteiger partial charge in [0.2, 0.25) is 0 Å². The van der Waals surface area contributed by atoms with Crippen molar-refractivity contribution in [2.75, 3.05) is 27.3 Å². The van der Waals surface area contributed by atoms with E-state index in [1.807, 2.05) is 58.1 Å². The van der Waals surface area contributed by atoms with E-state index in [2.05, 4.69) is 15.1 Å². The second kappa shape index (κ2) is 9.57. The molecule has 0 spiro atoms. The van der Waals surface area contributed by atoms with Crippen LogP contribution < -0.4 is 9.47 Å². The van der Waals surface area contributed by atoms with Crippen LogP contribution in [-0.2, 0) is 6.54 Å². The van der Waals surface area contributed by atoms with Crippen LogP contribution in [0.2, 0.25) is 0 Å². The number of benzene rings is 2. The molecule has 2 aromatic carbocycles. The highest BCUT2D eigenvalue weighted by Gasteiger charge is 2.28. The zero-order valence-electron chi connectivity index (χ0n) is 20.8. The molecular weight excluding hydrogens is 468 g/mol. The highest BCUT2D eigenvalue weighted by Crippen LogP contribution is 2.29. The maximum absolute atomic E-state index is 13.4. The third-order valence-corrected chi connectivity index (χ3v) is 7.04. The number of imidazole rings is 1. The van der Waals surface area contributed by atoms with Gasteiger partial charge >= 0.3 is 0 Å². The Kier molecular flexibility index (Phi) is 5.96. The lowest BCUT2D eigenvalue weighted by molar-refractivity contribution is 0.0704. The minimum absolute atomic E-state index is 0.0141. The summed E-state index contributed by atoms with van der Waals surface area (Å²) in [4.78, 5) is 28.2. The summed E-state index contributed by atoms with van der Waals surface area (Å²) >= 11 is 0. The smallest absolute Gasteiger partial charge is 0.255 e. The first kappa shape index (κ1) is 23.0. The summed E-state index contributed by atoms with van der Waals surface area (Å²) in [5, 5.41) is 5.35. The zero-order chi connectivity index (χ0) is 25.4. The first-order chi connectivity index (χ1) is 18.1. The van der Waals surface area contributed by atoms with E-state index in [9.17, 15) is 4.79 Å². The average molecular weight is 497 g/mol. The summed E-state index contributed by atoms with van der Waals surface area (Å²) in [5.74, 6) is 2.57. The molecule has 0 aliphatic carbocycles. The molecule has 5 aromatic rings. The molecule has 9 nitrogen and oxygen atoms in total. The van der Waals surface area contributed by atoms with Crippen LogP contribution in [0.4, 0.5) is 0 Å². The van der Waals surface area contributed by atoms with Gasteiger partial charge in [0.15, 0.2) is 5.65 Å². The van der Waals surface area contributed by atoms with Crippen molar-refractivity contribution in [3.8, 4) is 11.5 Å². The van der Waals surface area contributed by atoms with Crippen molar-refractivity contribution in [3.63, 3.8) is 0 Å². The first-order valence-corrected chi connectivity index (χ1v) is 12.4. The molecule has 9 heteroatoms. The van der Waals surface area contributed by atoms with Crippen LogP contribution in [0, 0.1) is 0 Å². The van der Waals surface area contributed by atoms with Gasteiger partial charge in [0, 0.05) is 42.2 Å². The van der Waals surface area contributed by atoms with E-state index in [0.717, 1.165) is 58.7 Å². The molecular formula is C28H28N6O3. The topological polar surface area (TPSA) is 98.2 Å². The number of ether oxygens (including phenoxy) is 2. The largest absolute Gasteiger partial charge is 0.497 e. The number of carbonyl (C=O) groups excluding carboxylic acids is 1. The van der Waals surface area contributed by atoms with Crippen LogP contribution in [0.5, 0.6) is 11.5 Å². The number of likely N-dealkylation sites (tertiary alicyclic amines) is 1. The first-order valence-electron chi connectivity index (χ1n) is 12.4. The van der Waals surface area contributed by atoms with E-state index in [1.165, 1.54) is 0 Å². The van der Waals surface area contributed by atoms with Crippen LogP contribution in [0.1, 0.15) is 40.5 Å². The Labute approximate surface area is 214 Å². The molecule has 1 aliphatic rings. The number of carbonyl (C=O) groups is 1. The summed E-state index contributed by atoms with van der Waals surface area (Å²) in [6.07, 6.45) is 5.34. The molecule has 1 saturated heterocycles. The Morgan fingerprint density at radius 3 is 2.84 bits per heavy atom. The Balaban J connectivity index is 1.20. The third-order valence-electron chi connectivity index (χ3n) is 7.04. The monoisotopic (exact) mass is 496 g/mol. The van der Waals surface area contributed by atoms with Crippen molar-refractivity contribution in [2.45, 2.75) is 25.3 Å². The summed E-state index contributed by atoms with van der Waals surface area (Å²) in [6.45, 7) is 1.85. The number of nitrogens with zero attached hydrogens (tertiary/aromatic N) is 5. The average Bonchev–Trinajstić information content (AvgIpc) is 3.57. The van der Waals surface area contributed by atoms with Gasteiger partial charge < -0.3 is 19.4 Å². The van der Waals surface area contributed by atoms with E-state index in [1.54, 1.807) is 26.6 Å². The van der Waals surface area contributed by atoms with Gasteiger partial charge in [0.05, 0.1) is 43.6 Å². The summed E-state index contributed by atoms with van der Waals surface area (Å²) in [6, 6.07) is 15.6. The van der Waals surface area contributed by atoms with Crippen molar-refractivity contribution in [1.29, 1.82) is 0 Å². The number of amides is 1. The standard InChI is InChI=1S/C28H28N6O3/c1-36-22-10-9-18(25(13-22)37-2)17-34-27-20(15-30-34)12-21(14-29-27)28(35)33-11-5-6-19(16-33)26-31-23-7-3-4-8-24(23)32-26/h3-4,7-10,12-15,19H,5-6,11,16-17H2,1-2H3,(H,31,32). The molecule has 0 radical (unpaired) electrons. The predicted molar refractivity (Wildman–Crippen MR) is 140 cm³/mol. The van der Waals surface area contributed by atoms with Gasteiger partial charge in [-0.05, 0) is 43.2 Å². The number of para-hydroxylation sites is 2. The van der Waals surface area contributed by atoms with Crippen molar-refractivity contribution < 1.29 is 14.3 Å². The van der Waals surface area contributed by atoms with E-state index in [4.69, 9.17) is 14.5 Å². The van der Waals surface area contributed by atoms with Crippen molar-refractivity contribution in [3.05, 3.63) is 77.9 Å². The molecule has 1 fully saturated rings. The quantitative estimate of drug-likeness (QED) is 0.374. The Bertz CT molecular complexity index is 1560. The van der Waals surface area contributed by atoms with E-state index in [0.29, 0.717) is 24.3 Å². The molecule has 1 N–H and O–H groups in total. The normalized spacial score (nSPS) is 15.8. The van der Waals surface area contributed by atoms with Gasteiger partial charge in [-0.3, -0.25) is 4.79 Å². The molecule has 6 rings (SSSR count). The van der Waals surface area contributed by atoms with Crippen LogP contribution in [0.15, 0.2) is 60.9 Å². The maximum Gasteiger partial charge on any atom is 0.255 e. The number of hydrogen-bond donors (Lipinski definition) is 1. The maximum atomic E-state index is 13.4. The molecule has 188 valence electrons. The van der Waals surface area contributed by atoms with Gasteiger partial charge in [0.1, 0.15) is 17.3 Å². The van der Waals surface area contributed by atoms with Crippen molar-refractivity contribution in [1.82, 2.24) is 29.6 Å². The fourth-order valence-electron chi connectivity index (χ4n) is 5.08. The number of aromatic nitrogens is 5.